The van der Waals surface area contributed by atoms with Gasteiger partial charge in [-0.3, -0.25) is 4.79 Å². The van der Waals surface area contributed by atoms with Crippen LogP contribution < -0.4 is 22.5 Å². The molecule has 0 bridgehead atoms. The number of nitrogens with two attached hydrogens (primary N) is 3. The first kappa shape index (κ1) is 41.0. The van der Waals surface area contributed by atoms with Gasteiger partial charge in [0.1, 0.15) is 0 Å². The van der Waals surface area contributed by atoms with Crippen LogP contribution in [0.2, 0.25) is 0 Å². The Morgan fingerprint density at radius 3 is 2.18 bits per heavy atom. The normalized spacial score (nSPS) is 36.1. The summed E-state index contributed by atoms with van der Waals surface area (Å²) in [6, 6.07) is 0. The van der Waals surface area contributed by atoms with Gasteiger partial charge in [-0.15, -0.1) is 0 Å². The van der Waals surface area contributed by atoms with Crippen LogP contribution >= 0.6 is 0 Å². The number of hydrogen-bond acceptors (Lipinski definition) is 7. The van der Waals surface area contributed by atoms with Crippen molar-refractivity contribution in [3.63, 3.8) is 0 Å². The smallest absolute Gasteiger partial charge is 0.220 e. The van der Waals surface area contributed by atoms with Crippen LogP contribution in [0, 0.1) is 46.3 Å². The zero-order valence-electron chi connectivity index (χ0n) is 32.2. The summed E-state index contributed by atoms with van der Waals surface area (Å²) in [6.45, 7) is 14.9. The van der Waals surface area contributed by atoms with Gasteiger partial charge in [-0.2, -0.15) is 0 Å². The molecular weight excluding hydrogens is 612 g/mol. The molecule has 4 aliphatic carbocycles. The van der Waals surface area contributed by atoms with Gasteiger partial charge >= 0.3 is 0 Å². The fraction of sp³-hybridized carbons (Fsp3) is 0.976. The Labute approximate surface area is 300 Å². The molecule has 1 amide bonds. The molecule has 8 heteroatoms. The van der Waals surface area contributed by atoms with E-state index in [-0.39, 0.29) is 28.9 Å². The first-order valence-electron chi connectivity index (χ1n) is 21.0. The van der Waals surface area contributed by atoms with Crippen LogP contribution in [0.5, 0.6) is 0 Å². The van der Waals surface area contributed by atoms with E-state index in [1.165, 1.54) is 51.4 Å². The van der Waals surface area contributed by atoms with Crippen LogP contribution in [0.25, 0.3) is 0 Å². The lowest BCUT2D eigenvalue weighted by Gasteiger charge is -2.65. The number of nitrogens with one attached hydrogen (secondary N) is 1. The molecule has 286 valence electrons. The molecule has 4 saturated carbocycles. The third-order valence-electron chi connectivity index (χ3n) is 14.2. The van der Waals surface area contributed by atoms with E-state index in [9.17, 15) is 4.79 Å². The minimum Gasteiger partial charge on any atom is -0.378 e. The van der Waals surface area contributed by atoms with E-state index in [1.54, 1.807) is 0 Å². The lowest BCUT2D eigenvalue weighted by atomic mass is 9.43. The van der Waals surface area contributed by atoms with Crippen molar-refractivity contribution in [2.45, 2.75) is 162 Å². The van der Waals surface area contributed by atoms with Gasteiger partial charge in [0.2, 0.25) is 5.91 Å². The van der Waals surface area contributed by atoms with Gasteiger partial charge in [0.15, 0.2) is 0 Å². The number of carbonyl (C=O) groups excluding carboxylic acids is 1. The highest BCUT2D eigenvalue weighted by Crippen LogP contribution is 2.69. The van der Waals surface area contributed by atoms with Crippen LogP contribution in [0.3, 0.4) is 0 Å². The molecule has 11 atom stereocenters. The summed E-state index contributed by atoms with van der Waals surface area (Å²) < 4.78 is 20.3. The van der Waals surface area contributed by atoms with Crippen molar-refractivity contribution in [3.05, 3.63) is 0 Å². The Bertz CT molecular complexity index is 954. The van der Waals surface area contributed by atoms with Crippen molar-refractivity contribution < 1.29 is 19.0 Å². The fourth-order valence-corrected chi connectivity index (χ4v) is 11.4. The van der Waals surface area contributed by atoms with Crippen molar-refractivity contribution in [2.75, 3.05) is 46.0 Å². The summed E-state index contributed by atoms with van der Waals surface area (Å²) in [4.78, 5) is 12.9. The highest BCUT2D eigenvalue weighted by molar-refractivity contribution is 5.75. The lowest BCUT2D eigenvalue weighted by molar-refractivity contribution is -0.227. The third-order valence-corrected chi connectivity index (χ3v) is 14.2. The van der Waals surface area contributed by atoms with Gasteiger partial charge in [-0.1, -0.05) is 59.8 Å². The minimum atomic E-state index is 0.0609. The molecule has 0 heterocycles. The standard InChI is InChI=1S/C41H78N4O4/c1-5-6-7-8-9-10-23-45-38(46)17-14-30(2)33-15-16-34-39-35(29-37(41(33,34)4)49-26-13-22-44)40(3)19-18-32(47-24-11-20-42)27-31(40)28-36(39)48-25-12-21-43/h30-37,39H,5-29,42-44H2,1-4H3,(H,45,46)/t30-,31+,32?,33-,34+,35+,36-,37+,39+,40+,41-/m1/s1. The van der Waals surface area contributed by atoms with Gasteiger partial charge in [-0.25, -0.2) is 0 Å². The summed E-state index contributed by atoms with van der Waals surface area (Å²) >= 11 is 0. The molecule has 0 aromatic heterocycles. The number of rotatable bonds is 23. The molecule has 0 aliphatic heterocycles. The molecule has 7 N–H and O–H groups in total. The zero-order valence-corrected chi connectivity index (χ0v) is 32.2. The SMILES string of the molecule is CCCCCCCCNC(=O)CC[C@@H](C)[C@H]1CC[C@H]2[C@@H]3[C@H](OCCCN)C[C@@H]4CC(OCCCN)CC[C@]4(C)[C@H]3C[C@H](OCCCN)[C@]12C. The average molecular weight is 691 g/mol. The Morgan fingerprint density at radius 1 is 0.796 bits per heavy atom. The van der Waals surface area contributed by atoms with E-state index < -0.39 is 0 Å². The Kier molecular flexibility index (Phi) is 17.1. The van der Waals surface area contributed by atoms with Gasteiger partial charge in [-0.05, 0) is 138 Å². The second-order valence-electron chi connectivity index (χ2n) is 17.1. The van der Waals surface area contributed by atoms with Crippen LogP contribution in [-0.2, 0) is 19.0 Å². The molecule has 0 saturated heterocycles. The van der Waals surface area contributed by atoms with Crippen molar-refractivity contribution in [3.8, 4) is 0 Å². The molecule has 0 spiro atoms. The monoisotopic (exact) mass is 691 g/mol. The van der Waals surface area contributed by atoms with Crippen LogP contribution in [-0.4, -0.2) is 70.2 Å². The summed E-state index contributed by atoms with van der Waals surface area (Å²) in [5, 5.41) is 3.23. The Hall–Kier alpha value is -0.770. The predicted molar refractivity (Wildman–Crippen MR) is 201 cm³/mol. The van der Waals surface area contributed by atoms with Crippen LogP contribution in [0.15, 0.2) is 0 Å². The number of fused-ring (bicyclic) bond motifs is 5. The second kappa shape index (κ2) is 20.5. The first-order valence-corrected chi connectivity index (χ1v) is 21.0. The van der Waals surface area contributed by atoms with Gasteiger partial charge in [0.05, 0.1) is 18.3 Å². The van der Waals surface area contributed by atoms with E-state index >= 15 is 0 Å². The molecule has 49 heavy (non-hydrogen) atoms. The van der Waals surface area contributed by atoms with Gasteiger partial charge in [0.25, 0.3) is 0 Å². The largest absolute Gasteiger partial charge is 0.378 e. The second-order valence-corrected chi connectivity index (χ2v) is 17.1. The maximum absolute atomic E-state index is 12.9. The number of amides is 1. The molecule has 0 aromatic carbocycles. The van der Waals surface area contributed by atoms with E-state index in [0.717, 1.165) is 84.2 Å². The summed E-state index contributed by atoms with van der Waals surface area (Å²) in [5.41, 5.74) is 18.1. The van der Waals surface area contributed by atoms with Crippen molar-refractivity contribution in [1.82, 2.24) is 5.32 Å². The molecule has 0 aromatic rings. The highest BCUT2D eigenvalue weighted by atomic mass is 16.5. The van der Waals surface area contributed by atoms with Gasteiger partial charge < -0.3 is 36.7 Å². The highest BCUT2D eigenvalue weighted by Gasteiger charge is 2.66. The summed E-state index contributed by atoms with van der Waals surface area (Å²) in [7, 11) is 0. The molecule has 4 fully saturated rings. The molecule has 0 radical (unpaired) electrons. The zero-order chi connectivity index (χ0) is 35.3. The molecule has 4 rings (SSSR count). The number of ether oxygens (including phenoxy) is 3. The van der Waals surface area contributed by atoms with E-state index in [1.807, 2.05) is 0 Å². The van der Waals surface area contributed by atoms with E-state index in [4.69, 9.17) is 31.4 Å². The van der Waals surface area contributed by atoms with E-state index in [0.29, 0.717) is 67.7 Å². The molecule has 1 unspecified atom stereocenters. The van der Waals surface area contributed by atoms with Crippen LogP contribution in [0.1, 0.15) is 143 Å². The maximum Gasteiger partial charge on any atom is 0.220 e. The quantitative estimate of drug-likeness (QED) is 0.0852. The third kappa shape index (κ3) is 10.2. The van der Waals surface area contributed by atoms with Gasteiger partial charge in [0, 0.05) is 38.2 Å². The predicted octanol–water partition coefficient (Wildman–Crippen LogP) is 6.96. The van der Waals surface area contributed by atoms with Crippen molar-refractivity contribution in [2.24, 2.45) is 63.5 Å². The van der Waals surface area contributed by atoms with E-state index in [2.05, 4.69) is 33.0 Å². The maximum atomic E-state index is 12.9. The number of carbonyl (C=O) groups is 1. The molecular formula is C41H78N4O4. The lowest BCUT2D eigenvalue weighted by Crippen LogP contribution is -2.63. The van der Waals surface area contributed by atoms with Crippen molar-refractivity contribution >= 4 is 5.91 Å². The fourth-order valence-electron chi connectivity index (χ4n) is 11.4. The number of hydrogen-bond donors (Lipinski definition) is 4. The number of unbranched alkanes of at least 4 members (excludes halogenated alkanes) is 5. The van der Waals surface area contributed by atoms with Crippen LogP contribution in [0.4, 0.5) is 0 Å². The first-order chi connectivity index (χ1) is 23.7. The molecule has 4 aliphatic rings. The average Bonchev–Trinajstić information content (AvgIpc) is 3.45. The minimum absolute atomic E-state index is 0.0609. The molecule has 8 nitrogen and oxygen atoms in total. The topological polar surface area (TPSA) is 135 Å². The Morgan fingerprint density at radius 2 is 1.47 bits per heavy atom. The Balaban J connectivity index is 1.49. The summed E-state index contributed by atoms with van der Waals surface area (Å²) in [6.07, 6.45) is 20.8. The van der Waals surface area contributed by atoms with Crippen molar-refractivity contribution in [1.29, 1.82) is 0 Å². The summed E-state index contributed by atoms with van der Waals surface area (Å²) in [5.74, 6) is 3.48.